The molecule has 0 bridgehead atoms. The van der Waals surface area contributed by atoms with Crippen molar-refractivity contribution in [3.8, 4) is 0 Å². The number of hydrogen-bond donors (Lipinski definition) is 2. The molecule has 4 heterocycles. The fourth-order valence-electron chi connectivity index (χ4n) is 4.70. The summed E-state index contributed by atoms with van der Waals surface area (Å²) in [4.78, 5) is 17.6. The molecule has 2 saturated heterocycles. The molecule has 2 aromatic heterocycles. The topological polar surface area (TPSA) is 117 Å². The third kappa shape index (κ3) is 5.12. The van der Waals surface area contributed by atoms with Gasteiger partial charge in [0.2, 0.25) is 0 Å². The standard InChI is InChI=1S/C23H29N5O3S.CH2O2/c1-17-14-27(12-10-24-17)22-16-28(21-7-4-9-25-23(21)22)32(29,30)20-6-3-5-18(13-20)26-11-8-19(15-26)31-2;2-1-3/h3-7,9,13,16-17,19,24H,8,10-12,14-15H2,1-2H3;1H,(H,2,3)/t17-,19+;/m1./s1. The predicted octanol–water partition coefficient (Wildman–Crippen LogP) is 2.00. The van der Waals surface area contributed by atoms with E-state index in [4.69, 9.17) is 14.6 Å². The van der Waals surface area contributed by atoms with Crippen molar-refractivity contribution in [2.24, 2.45) is 0 Å². The maximum atomic E-state index is 13.8. The molecule has 0 saturated carbocycles. The summed E-state index contributed by atoms with van der Waals surface area (Å²) in [5.41, 5.74) is 3.07. The molecule has 35 heavy (non-hydrogen) atoms. The Morgan fingerprint density at radius 2 is 1.97 bits per heavy atom. The number of rotatable bonds is 5. The molecule has 2 atom stereocenters. The summed E-state index contributed by atoms with van der Waals surface area (Å²) >= 11 is 0. The van der Waals surface area contributed by atoms with E-state index in [1.54, 1.807) is 37.7 Å². The van der Waals surface area contributed by atoms with E-state index in [1.807, 2.05) is 18.2 Å². The fourth-order valence-corrected chi connectivity index (χ4v) is 6.10. The third-order valence-electron chi connectivity index (χ3n) is 6.43. The maximum absolute atomic E-state index is 13.8. The van der Waals surface area contributed by atoms with Gasteiger partial charge in [0, 0.05) is 64.0 Å². The molecule has 2 aliphatic rings. The molecule has 0 aliphatic carbocycles. The van der Waals surface area contributed by atoms with Gasteiger partial charge < -0.3 is 25.0 Å². The van der Waals surface area contributed by atoms with E-state index in [9.17, 15) is 8.42 Å². The molecular formula is C24H31N5O5S. The number of nitrogens with one attached hydrogen (secondary N) is 1. The van der Waals surface area contributed by atoms with Crippen molar-refractivity contribution >= 4 is 38.9 Å². The van der Waals surface area contributed by atoms with Crippen molar-refractivity contribution in [3.63, 3.8) is 0 Å². The first kappa shape index (κ1) is 25.0. The smallest absolute Gasteiger partial charge is 0.290 e. The summed E-state index contributed by atoms with van der Waals surface area (Å²) in [5.74, 6) is 0. The van der Waals surface area contributed by atoms with E-state index < -0.39 is 10.0 Å². The van der Waals surface area contributed by atoms with Crippen LogP contribution in [0.4, 0.5) is 11.4 Å². The number of benzene rings is 1. The van der Waals surface area contributed by atoms with Gasteiger partial charge in [0.1, 0.15) is 5.52 Å². The first-order chi connectivity index (χ1) is 16.9. The average Bonchev–Trinajstić information content (AvgIpc) is 3.50. The Kier molecular flexibility index (Phi) is 7.58. The van der Waals surface area contributed by atoms with E-state index >= 15 is 0 Å². The van der Waals surface area contributed by atoms with Crippen LogP contribution in [0.5, 0.6) is 0 Å². The number of carboxylic acid groups (broad SMARTS) is 1. The van der Waals surface area contributed by atoms with Gasteiger partial charge in [-0.25, -0.2) is 12.4 Å². The number of hydrogen-bond acceptors (Lipinski definition) is 8. The lowest BCUT2D eigenvalue weighted by atomic mass is 10.2. The van der Waals surface area contributed by atoms with Crippen LogP contribution < -0.4 is 15.1 Å². The number of carbonyl (C=O) groups is 1. The highest BCUT2D eigenvalue weighted by atomic mass is 32.2. The lowest BCUT2D eigenvalue weighted by molar-refractivity contribution is -0.122. The summed E-state index contributed by atoms with van der Waals surface area (Å²) < 4.78 is 34.4. The van der Waals surface area contributed by atoms with Gasteiger partial charge >= 0.3 is 0 Å². The van der Waals surface area contributed by atoms with Crippen LogP contribution >= 0.6 is 0 Å². The Hall–Kier alpha value is -3.15. The van der Waals surface area contributed by atoms with Gasteiger partial charge in [0.05, 0.1) is 22.2 Å². The Labute approximate surface area is 205 Å². The summed E-state index contributed by atoms with van der Waals surface area (Å²) in [6.07, 6.45) is 4.57. The lowest BCUT2D eigenvalue weighted by Crippen LogP contribution is -2.49. The first-order valence-corrected chi connectivity index (χ1v) is 13.0. The highest BCUT2D eigenvalue weighted by Crippen LogP contribution is 2.32. The Bertz CT molecular complexity index is 1280. The summed E-state index contributed by atoms with van der Waals surface area (Å²) in [5, 5.41) is 10.3. The molecule has 0 amide bonds. The van der Waals surface area contributed by atoms with Gasteiger partial charge in [-0.1, -0.05) is 6.07 Å². The van der Waals surface area contributed by atoms with Crippen LogP contribution in [0.2, 0.25) is 0 Å². The molecule has 0 spiro atoms. The van der Waals surface area contributed by atoms with Gasteiger partial charge in [-0.05, 0) is 43.7 Å². The van der Waals surface area contributed by atoms with Crippen molar-refractivity contribution in [2.45, 2.75) is 30.4 Å². The second-order valence-corrected chi connectivity index (χ2v) is 10.5. The fraction of sp³-hybridized carbons (Fsp3) is 0.417. The second-order valence-electron chi connectivity index (χ2n) is 8.68. The molecule has 2 aliphatic heterocycles. The van der Waals surface area contributed by atoms with Crippen LogP contribution in [0.25, 0.3) is 11.0 Å². The minimum atomic E-state index is -3.79. The number of pyridine rings is 1. The summed E-state index contributed by atoms with van der Waals surface area (Å²) in [7, 11) is -2.07. The summed E-state index contributed by atoms with van der Waals surface area (Å²) in [6.45, 7) is 5.97. The van der Waals surface area contributed by atoms with E-state index in [-0.39, 0.29) is 17.5 Å². The van der Waals surface area contributed by atoms with E-state index in [1.165, 1.54) is 3.97 Å². The van der Waals surface area contributed by atoms with Crippen LogP contribution in [0.1, 0.15) is 13.3 Å². The monoisotopic (exact) mass is 501 g/mol. The number of fused-ring (bicyclic) bond motifs is 1. The Balaban J connectivity index is 0.000000917. The van der Waals surface area contributed by atoms with Crippen molar-refractivity contribution in [1.29, 1.82) is 0 Å². The Morgan fingerprint density at radius 3 is 2.69 bits per heavy atom. The van der Waals surface area contributed by atoms with Crippen molar-refractivity contribution < 1.29 is 23.1 Å². The van der Waals surface area contributed by atoms with Gasteiger partial charge in [0.25, 0.3) is 16.5 Å². The molecule has 2 N–H and O–H groups in total. The number of piperazine rings is 1. The molecular weight excluding hydrogens is 470 g/mol. The number of nitrogens with zero attached hydrogens (tertiary/aromatic N) is 4. The minimum absolute atomic E-state index is 0.179. The van der Waals surface area contributed by atoms with Gasteiger partial charge in [-0.15, -0.1) is 0 Å². The van der Waals surface area contributed by atoms with E-state index in [2.05, 4.69) is 27.0 Å². The zero-order chi connectivity index (χ0) is 25.0. The molecule has 3 aromatic rings. The van der Waals surface area contributed by atoms with Crippen LogP contribution in [-0.2, 0) is 19.6 Å². The summed E-state index contributed by atoms with van der Waals surface area (Å²) in [6, 6.07) is 11.1. The quantitative estimate of drug-likeness (QED) is 0.506. The zero-order valence-corrected chi connectivity index (χ0v) is 20.7. The second kappa shape index (κ2) is 10.6. The zero-order valence-electron chi connectivity index (χ0n) is 19.9. The first-order valence-electron chi connectivity index (χ1n) is 11.5. The molecule has 5 rings (SSSR count). The maximum Gasteiger partial charge on any atom is 0.290 e. The van der Waals surface area contributed by atoms with E-state index in [0.717, 1.165) is 50.5 Å². The molecule has 0 unspecified atom stereocenters. The van der Waals surface area contributed by atoms with Crippen LogP contribution in [0.15, 0.2) is 53.7 Å². The van der Waals surface area contributed by atoms with Gasteiger partial charge in [0.15, 0.2) is 0 Å². The highest BCUT2D eigenvalue weighted by molar-refractivity contribution is 7.90. The lowest BCUT2D eigenvalue weighted by Gasteiger charge is -2.32. The van der Waals surface area contributed by atoms with E-state index in [0.29, 0.717) is 17.1 Å². The van der Waals surface area contributed by atoms with Gasteiger partial charge in [-0.2, -0.15) is 0 Å². The van der Waals surface area contributed by atoms with Crippen molar-refractivity contribution in [2.75, 3.05) is 49.6 Å². The van der Waals surface area contributed by atoms with Crippen molar-refractivity contribution in [3.05, 3.63) is 48.8 Å². The molecule has 188 valence electrons. The van der Waals surface area contributed by atoms with Gasteiger partial charge in [-0.3, -0.25) is 9.78 Å². The number of aromatic nitrogens is 2. The molecule has 0 radical (unpaired) electrons. The highest BCUT2D eigenvalue weighted by Gasteiger charge is 2.27. The number of ether oxygens (including phenoxy) is 1. The largest absolute Gasteiger partial charge is 0.483 e. The minimum Gasteiger partial charge on any atom is -0.483 e. The van der Waals surface area contributed by atoms with Crippen LogP contribution in [0, 0.1) is 0 Å². The number of anilines is 2. The van der Waals surface area contributed by atoms with Crippen LogP contribution in [0.3, 0.4) is 0 Å². The average molecular weight is 502 g/mol. The predicted molar refractivity (Wildman–Crippen MR) is 135 cm³/mol. The normalized spacial score (nSPS) is 20.5. The Morgan fingerprint density at radius 1 is 1.17 bits per heavy atom. The van der Waals surface area contributed by atoms with Crippen LogP contribution in [-0.4, -0.2) is 80.9 Å². The van der Waals surface area contributed by atoms with Crippen molar-refractivity contribution in [1.82, 2.24) is 14.3 Å². The molecule has 2 fully saturated rings. The molecule has 1 aromatic carbocycles. The number of methoxy groups -OCH3 is 1. The SMILES string of the molecule is CO[C@H]1CCN(c2cccc(S(=O)(=O)n3cc(N4CCN[C@H](C)C4)c4ncccc43)c2)C1.O=CO. The molecule has 10 nitrogen and oxygen atoms in total. The molecule has 11 heteroatoms. The third-order valence-corrected chi connectivity index (χ3v) is 8.10.